The van der Waals surface area contributed by atoms with E-state index < -0.39 is 0 Å². The Morgan fingerprint density at radius 1 is 1.10 bits per heavy atom. The summed E-state index contributed by atoms with van der Waals surface area (Å²) >= 11 is 0. The molecule has 0 aromatic heterocycles. The lowest BCUT2D eigenvalue weighted by Crippen LogP contribution is -2.34. The number of nitrogens with one attached hydrogen (secondary N) is 1. The molecule has 0 bridgehead atoms. The Morgan fingerprint density at radius 3 is 2.50 bits per heavy atom. The molecule has 0 aliphatic carbocycles. The molecule has 2 unspecified atom stereocenters. The lowest BCUT2D eigenvalue weighted by Gasteiger charge is -2.28. The van der Waals surface area contributed by atoms with Gasteiger partial charge in [-0.05, 0) is 44.5 Å². The number of ether oxygens (including phenoxy) is 2. The topological polar surface area (TPSA) is 30.5 Å². The molecule has 0 saturated carbocycles. The van der Waals surface area contributed by atoms with Gasteiger partial charge in [-0.3, -0.25) is 0 Å². The van der Waals surface area contributed by atoms with Crippen LogP contribution in [0.15, 0.2) is 24.3 Å². The maximum atomic E-state index is 5.95. The summed E-state index contributed by atoms with van der Waals surface area (Å²) in [7, 11) is 0. The number of hydrogen-bond acceptors (Lipinski definition) is 3. The van der Waals surface area contributed by atoms with Crippen molar-refractivity contribution in [3.05, 3.63) is 29.8 Å². The number of hydrogen-bond donors (Lipinski definition) is 1. The molecule has 0 radical (unpaired) electrons. The SMILES string of the molecule is CCCC(OCC)C(NCC)c1cccc(OCC)c1. The lowest BCUT2D eigenvalue weighted by atomic mass is 9.97. The van der Waals surface area contributed by atoms with Gasteiger partial charge in [-0.2, -0.15) is 0 Å². The van der Waals surface area contributed by atoms with Crippen molar-refractivity contribution in [1.29, 1.82) is 0 Å². The van der Waals surface area contributed by atoms with E-state index in [9.17, 15) is 0 Å². The van der Waals surface area contributed by atoms with Gasteiger partial charge < -0.3 is 14.8 Å². The molecule has 3 heteroatoms. The zero-order chi connectivity index (χ0) is 14.8. The Kier molecular flexibility index (Phi) is 8.31. The molecule has 114 valence electrons. The number of benzene rings is 1. The van der Waals surface area contributed by atoms with Gasteiger partial charge in [0.1, 0.15) is 5.75 Å². The molecule has 0 fully saturated rings. The Bertz CT molecular complexity index is 362. The third-order valence-corrected chi connectivity index (χ3v) is 3.28. The molecule has 0 amide bonds. The molecule has 0 aliphatic rings. The third kappa shape index (κ3) is 5.14. The van der Waals surface area contributed by atoms with Gasteiger partial charge in [0.2, 0.25) is 0 Å². The monoisotopic (exact) mass is 279 g/mol. The fraction of sp³-hybridized carbons (Fsp3) is 0.647. The summed E-state index contributed by atoms with van der Waals surface area (Å²) in [6.45, 7) is 10.8. The molecule has 0 heterocycles. The van der Waals surface area contributed by atoms with Crippen LogP contribution in [-0.2, 0) is 4.74 Å². The third-order valence-electron chi connectivity index (χ3n) is 3.28. The van der Waals surface area contributed by atoms with E-state index in [0.29, 0.717) is 6.61 Å². The van der Waals surface area contributed by atoms with E-state index in [1.165, 1.54) is 5.56 Å². The maximum Gasteiger partial charge on any atom is 0.119 e. The molecule has 0 saturated heterocycles. The molecule has 3 nitrogen and oxygen atoms in total. The van der Waals surface area contributed by atoms with E-state index in [1.54, 1.807) is 0 Å². The van der Waals surface area contributed by atoms with E-state index in [-0.39, 0.29) is 12.1 Å². The highest BCUT2D eigenvalue weighted by Gasteiger charge is 2.22. The molecule has 0 aliphatic heterocycles. The first kappa shape index (κ1) is 17.0. The van der Waals surface area contributed by atoms with Gasteiger partial charge in [0.15, 0.2) is 0 Å². The molecule has 2 atom stereocenters. The van der Waals surface area contributed by atoms with Crippen LogP contribution in [0.25, 0.3) is 0 Å². The van der Waals surface area contributed by atoms with Crippen molar-refractivity contribution in [2.24, 2.45) is 0 Å². The minimum absolute atomic E-state index is 0.210. The average Bonchev–Trinajstić information content (AvgIpc) is 2.45. The second kappa shape index (κ2) is 9.78. The van der Waals surface area contributed by atoms with Crippen molar-refractivity contribution in [2.45, 2.75) is 52.7 Å². The van der Waals surface area contributed by atoms with Gasteiger partial charge in [0.25, 0.3) is 0 Å². The van der Waals surface area contributed by atoms with Crippen LogP contribution in [0.2, 0.25) is 0 Å². The average molecular weight is 279 g/mol. The van der Waals surface area contributed by atoms with Crippen LogP contribution < -0.4 is 10.1 Å². The molecule has 20 heavy (non-hydrogen) atoms. The molecule has 0 spiro atoms. The van der Waals surface area contributed by atoms with Gasteiger partial charge in [-0.1, -0.05) is 32.4 Å². The summed E-state index contributed by atoms with van der Waals surface area (Å²) in [6, 6.07) is 8.56. The van der Waals surface area contributed by atoms with Gasteiger partial charge in [0.05, 0.1) is 18.8 Å². The summed E-state index contributed by atoms with van der Waals surface area (Å²) in [5, 5.41) is 3.56. The standard InChI is InChI=1S/C17H29NO2/c1-5-10-16(20-8-4)17(18-6-2)14-11-9-12-15(13-14)19-7-3/h9,11-13,16-18H,5-8,10H2,1-4H3. The van der Waals surface area contributed by atoms with E-state index in [2.05, 4.69) is 44.3 Å². The predicted octanol–water partition coefficient (Wildman–Crippen LogP) is 3.94. The quantitative estimate of drug-likeness (QED) is 0.703. The molecule has 1 rings (SSSR count). The Balaban J connectivity index is 2.94. The molecular weight excluding hydrogens is 250 g/mol. The molecular formula is C17H29NO2. The predicted molar refractivity (Wildman–Crippen MR) is 84.4 cm³/mol. The second-order valence-electron chi connectivity index (χ2n) is 4.82. The largest absolute Gasteiger partial charge is 0.494 e. The van der Waals surface area contributed by atoms with Crippen LogP contribution in [0.5, 0.6) is 5.75 Å². The fourth-order valence-corrected chi connectivity index (χ4v) is 2.49. The minimum Gasteiger partial charge on any atom is -0.494 e. The molecule has 1 aromatic rings. The summed E-state index contributed by atoms with van der Waals surface area (Å²) in [5.74, 6) is 0.930. The van der Waals surface area contributed by atoms with E-state index in [0.717, 1.165) is 31.7 Å². The minimum atomic E-state index is 0.210. The maximum absolute atomic E-state index is 5.95. The van der Waals surface area contributed by atoms with Crippen LogP contribution >= 0.6 is 0 Å². The van der Waals surface area contributed by atoms with Gasteiger partial charge in [0, 0.05) is 6.61 Å². The van der Waals surface area contributed by atoms with Crippen LogP contribution in [0.3, 0.4) is 0 Å². The zero-order valence-electron chi connectivity index (χ0n) is 13.3. The van der Waals surface area contributed by atoms with Crippen molar-refractivity contribution in [2.75, 3.05) is 19.8 Å². The Hall–Kier alpha value is -1.06. The van der Waals surface area contributed by atoms with Crippen molar-refractivity contribution in [3.63, 3.8) is 0 Å². The van der Waals surface area contributed by atoms with Crippen molar-refractivity contribution in [3.8, 4) is 5.75 Å². The Labute approximate surface area is 123 Å². The van der Waals surface area contributed by atoms with Crippen LogP contribution in [0.4, 0.5) is 0 Å². The van der Waals surface area contributed by atoms with Crippen molar-refractivity contribution in [1.82, 2.24) is 5.32 Å². The van der Waals surface area contributed by atoms with Crippen molar-refractivity contribution < 1.29 is 9.47 Å². The van der Waals surface area contributed by atoms with Gasteiger partial charge >= 0.3 is 0 Å². The van der Waals surface area contributed by atoms with E-state index >= 15 is 0 Å². The summed E-state index contributed by atoms with van der Waals surface area (Å²) in [6.07, 6.45) is 2.39. The smallest absolute Gasteiger partial charge is 0.119 e. The highest BCUT2D eigenvalue weighted by atomic mass is 16.5. The van der Waals surface area contributed by atoms with Crippen LogP contribution in [0, 0.1) is 0 Å². The second-order valence-corrected chi connectivity index (χ2v) is 4.82. The molecule has 1 aromatic carbocycles. The first-order valence-corrected chi connectivity index (χ1v) is 7.84. The number of rotatable bonds is 10. The summed E-state index contributed by atoms with van der Waals surface area (Å²) in [5.41, 5.74) is 1.24. The zero-order valence-corrected chi connectivity index (χ0v) is 13.3. The van der Waals surface area contributed by atoms with Gasteiger partial charge in [-0.25, -0.2) is 0 Å². The normalized spacial score (nSPS) is 14.0. The fourth-order valence-electron chi connectivity index (χ4n) is 2.49. The van der Waals surface area contributed by atoms with Crippen LogP contribution in [-0.4, -0.2) is 25.9 Å². The van der Waals surface area contributed by atoms with Gasteiger partial charge in [-0.15, -0.1) is 0 Å². The van der Waals surface area contributed by atoms with E-state index in [1.807, 2.05) is 13.0 Å². The highest BCUT2D eigenvalue weighted by Crippen LogP contribution is 2.26. The Morgan fingerprint density at radius 2 is 1.90 bits per heavy atom. The molecule has 1 N–H and O–H groups in total. The lowest BCUT2D eigenvalue weighted by molar-refractivity contribution is 0.0279. The van der Waals surface area contributed by atoms with Crippen LogP contribution in [0.1, 0.15) is 52.1 Å². The number of likely N-dealkylation sites (N-methyl/N-ethyl adjacent to an activating group) is 1. The summed E-state index contributed by atoms with van der Waals surface area (Å²) < 4.78 is 11.6. The first-order valence-electron chi connectivity index (χ1n) is 7.84. The van der Waals surface area contributed by atoms with Crippen molar-refractivity contribution >= 4 is 0 Å². The highest BCUT2D eigenvalue weighted by molar-refractivity contribution is 5.31. The first-order chi connectivity index (χ1) is 9.76. The summed E-state index contributed by atoms with van der Waals surface area (Å²) in [4.78, 5) is 0. The van der Waals surface area contributed by atoms with E-state index in [4.69, 9.17) is 9.47 Å².